The van der Waals surface area contributed by atoms with Gasteiger partial charge in [0.05, 0.1) is 0 Å². The van der Waals surface area contributed by atoms with Crippen LogP contribution in [0.3, 0.4) is 0 Å². The smallest absolute Gasteiger partial charge is 0.0375 e. The molecule has 1 fully saturated rings. The molecule has 2 nitrogen and oxygen atoms in total. The molecule has 1 heterocycles. The van der Waals surface area contributed by atoms with Crippen molar-refractivity contribution in [1.29, 1.82) is 0 Å². The van der Waals surface area contributed by atoms with E-state index in [4.69, 9.17) is 0 Å². The maximum absolute atomic E-state index is 3.51. The van der Waals surface area contributed by atoms with E-state index >= 15 is 0 Å². The van der Waals surface area contributed by atoms with Gasteiger partial charge >= 0.3 is 0 Å². The Bertz CT molecular complexity index is 389. The van der Waals surface area contributed by atoms with Crippen LogP contribution in [0.4, 0.5) is 5.69 Å². The lowest BCUT2D eigenvalue weighted by molar-refractivity contribution is 0.387. The molecule has 1 aliphatic heterocycles. The topological polar surface area (TPSA) is 15.3 Å². The third-order valence-electron chi connectivity index (χ3n) is 3.90. The zero-order chi connectivity index (χ0) is 13.2. The lowest BCUT2D eigenvalue weighted by atomic mass is 9.95. The van der Waals surface area contributed by atoms with Gasteiger partial charge in [-0.2, -0.15) is 0 Å². The Balaban J connectivity index is 2.31. The molecule has 1 aliphatic rings. The average Bonchev–Trinajstić information content (AvgIpc) is 2.23. The summed E-state index contributed by atoms with van der Waals surface area (Å²) in [5.41, 5.74) is 4.34. The molecule has 0 spiro atoms. The number of anilines is 1. The summed E-state index contributed by atoms with van der Waals surface area (Å²) in [6.07, 6.45) is 2.41. The molecule has 0 aromatic heterocycles. The first-order valence-electron chi connectivity index (χ1n) is 7.06. The van der Waals surface area contributed by atoms with Gasteiger partial charge in [0.15, 0.2) is 0 Å². The third-order valence-corrected chi connectivity index (χ3v) is 3.90. The minimum absolute atomic E-state index is 0.230. The van der Waals surface area contributed by atoms with Crippen molar-refractivity contribution in [3.8, 4) is 0 Å². The zero-order valence-corrected chi connectivity index (χ0v) is 12.2. The summed E-state index contributed by atoms with van der Waals surface area (Å²) in [4.78, 5) is 2.59. The van der Waals surface area contributed by atoms with E-state index in [0.717, 1.165) is 19.6 Å². The third kappa shape index (κ3) is 3.05. The zero-order valence-electron chi connectivity index (χ0n) is 12.2. The Labute approximate surface area is 111 Å². The molecule has 2 heteroatoms. The fraction of sp³-hybridized carbons (Fsp3) is 0.625. The number of hydrogen-bond acceptors (Lipinski definition) is 2. The van der Waals surface area contributed by atoms with Crippen LogP contribution in [0.5, 0.6) is 0 Å². The van der Waals surface area contributed by atoms with Gasteiger partial charge in [-0.3, -0.25) is 0 Å². The van der Waals surface area contributed by atoms with Crippen LogP contribution < -0.4 is 10.2 Å². The van der Waals surface area contributed by atoms with E-state index < -0.39 is 0 Å². The van der Waals surface area contributed by atoms with E-state index in [-0.39, 0.29) is 5.54 Å². The Morgan fingerprint density at radius 3 is 2.39 bits per heavy atom. The van der Waals surface area contributed by atoms with E-state index in [1.807, 2.05) is 0 Å². The van der Waals surface area contributed by atoms with Gasteiger partial charge in [0.2, 0.25) is 0 Å². The molecule has 1 aromatic carbocycles. The second-order valence-corrected chi connectivity index (χ2v) is 6.16. The van der Waals surface area contributed by atoms with Gasteiger partial charge in [-0.25, -0.2) is 0 Å². The first-order chi connectivity index (χ1) is 8.49. The predicted molar refractivity (Wildman–Crippen MR) is 79.4 cm³/mol. The highest BCUT2D eigenvalue weighted by molar-refractivity contribution is 5.53. The second-order valence-electron chi connectivity index (χ2n) is 6.16. The predicted octanol–water partition coefficient (Wildman–Crippen LogP) is 3.27. The molecule has 2 rings (SSSR count). The molecular formula is C16H26N2. The Morgan fingerprint density at radius 1 is 1.06 bits per heavy atom. The summed E-state index contributed by atoms with van der Waals surface area (Å²) >= 11 is 0. The van der Waals surface area contributed by atoms with Crippen LogP contribution >= 0.6 is 0 Å². The van der Waals surface area contributed by atoms with Gasteiger partial charge in [0.1, 0.15) is 0 Å². The van der Waals surface area contributed by atoms with Crippen molar-refractivity contribution >= 4 is 5.69 Å². The molecule has 1 saturated heterocycles. The lowest BCUT2D eigenvalue weighted by Gasteiger charge is -2.42. The summed E-state index contributed by atoms with van der Waals surface area (Å²) in [5.74, 6) is 0. The fourth-order valence-electron chi connectivity index (χ4n) is 2.90. The Kier molecular flexibility index (Phi) is 3.96. The van der Waals surface area contributed by atoms with Crippen molar-refractivity contribution in [2.24, 2.45) is 0 Å². The van der Waals surface area contributed by atoms with Gasteiger partial charge in [0.25, 0.3) is 0 Å². The van der Waals surface area contributed by atoms with Crippen LogP contribution in [0.2, 0.25) is 0 Å². The first kappa shape index (κ1) is 13.4. The molecule has 0 aliphatic carbocycles. The van der Waals surface area contributed by atoms with Crippen molar-refractivity contribution in [3.63, 3.8) is 0 Å². The average molecular weight is 246 g/mol. The van der Waals surface area contributed by atoms with Gasteiger partial charge < -0.3 is 10.2 Å². The van der Waals surface area contributed by atoms with E-state index in [0.29, 0.717) is 0 Å². The molecule has 1 N–H and O–H groups in total. The van der Waals surface area contributed by atoms with Crippen molar-refractivity contribution in [2.75, 3.05) is 24.5 Å². The fourth-order valence-corrected chi connectivity index (χ4v) is 2.90. The Morgan fingerprint density at radius 2 is 1.72 bits per heavy atom. The van der Waals surface area contributed by atoms with Crippen molar-refractivity contribution in [3.05, 3.63) is 29.3 Å². The van der Waals surface area contributed by atoms with E-state index in [2.05, 4.69) is 56.1 Å². The second kappa shape index (κ2) is 5.31. The van der Waals surface area contributed by atoms with Crippen LogP contribution in [0, 0.1) is 13.8 Å². The number of hydrogen-bond donors (Lipinski definition) is 1. The highest BCUT2D eigenvalue weighted by Gasteiger charge is 2.27. The standard InChI is InChI=1S/C16H26N2/c1-13-10-14(2)12-15(11-13)18-9-5-7-17-8-6-16(18,3)4/h10-12,17H,5-9H2,1-4H3. The minimum atomic E-state index is 0.230. The van der Waals surface area contributed by atoms with Crippen LogP contribution in [-0.4, -0.2) is 25.2 Å². The summed E-state index contributed by atoms with van der Waals surface area (Å²) in [7, 11) is 0. The SMILES string of the molecule is Cc1cc(C)cc(N2CCCNCCC2(C)C)c1. The van der Waals surface area contributed by atoms with E-state index in [9.17, 15) is 0 Å². The highest BCUT2D eigenvalue weighted by atomic mass is 15.2. The van der Waals surface area contributed by atoms with Gasteiger partial charge in [-0.05, 0) is 76.9 Å². The maximum atomic E-state index is 3.51. The van der Waals surface area contributed by atoms with Crippen LogP contribution in [-0.2, 0) is 0 Å². The number of aryl methyl sites for hydroxylation is 2. The molecule has 0 saturated carbocycles. The normalized spacial score (nSPS) is 20.3. The molecule has 0 bridgehead atoms. The van der Waals surface area contributed by atoms with Crippen LogP contribution in [0.25, 0.3) is 0 Å². The quantitative estimate of drug-likeness (QED) is 0.818. The Hall–Kier alpha value is -1.02. The molecular weight excluding hydrogens is 220 g/mol. The number of nitrogens with one attached hydrogen (secondary N) is 1. The minimum Gasteiger partial charge on any atom is -0.366 e. The van der Waals surface area contributed by atoms with Crippen LogP contribution in [0.15, 0.2) is 18.2 Å². The number of nitrogens with zero attached hydrogens (tertiary/aromatic N) is 1. The molecule has 18 heavy (non-hydrogen) atoms. The van der Waals surface area contributed by atoms with E-state index in [1.165, 1.54) is 29.7 Å². The van der Waals surface area contributed by atoms with Crippen molar-refractivity contribution in [2.45, 2.75) is 46.1 Å². The molecule has 1 aromatic rings. The molecule has 0 unspecified atom stereocenters. The first-order valence-corrected chi connectivity index (χ1v) is 7.06. The molecule has 0 atom stereocenters. The summed E-state index contributed by atoms with van der Waals surface area (Å²) in [6.45, 7) is 12.5. The van der Waals surface area contributed by atoms with Crippen molar-refractivity contribution in [1.82, 2.24) is 5.32 Å². The maximum Gasteiger partial charge on any atom is 0.0375 e. The highest BCUT2D eigenvalue weighted by Crippen LogP contribution is 2.29. The van der Waals surface area contributed by atoms with Gasteiger partial charge in [-0.15, -0.1) is 0 Å². The van der Waals surface area contributed by atoms with Crippen LogP contribution in [0.1, 0.15) is 37.8 Å². The van der Waals surface area contributed by atoms with E-state index in [1.54, 1.807) is 0 Å². The molecule has 0 radical (unpaired) electrons. The largest absolute Gasteiger partial charge is 0.366 e. The van der Waals surface area contributed by atoms with Gasteiger partial charge in [0, 0.05) is 17.8 Å². The summed E-state index contributed by atoms with van der Waals surface area (Å²) in [5, 5.41) is 3.51. The van der Waals surface area contributed by atoms with Gasteiger partial charge in [-0.1, -0.05) is 6.07 Å². The summed E-state index contributed by atoms with van der Waals surface area (Å²) in [6, 6.07) is 6.90. The monoisotopic (exact) mass is 246 g/mol. The van der Waals surface area contributed by atoms with Crippen molar-refractivity contribution < 1.29 is 0 Å². The lowest BCUT2D eigenvalue weighted by Crippen LogP contribution is -2.49. The molecule has 100 valence electrons. The molecule has 0 amide bonds. The number of rotatable bonds is 1. The number of benzene rings is 1. The summed E-state index contributed by atoms with van der Waals surface area (Å²) < 4.78 is 0.